The van der Waals surface area contributed by atoms with Gasteiger partial charge in [0, 0.05) is 18.2 Å². The van der Waals surface area contributed by atoms with E-state index in [0.29, 0.717) is 11.0 Å². The molecule has 0 unspecified atom stereocenters. The van der Waals surface area contributed by atoms with E-state index >= 15 is 0 Å². The van der Waals surface area contributed by atoms with Crippen molar-refractivity contribution in [2.45, 2.75) is 0 Å². The molecule has 0 aliphatic carbocycles. The largest absolute Gasteiger partial charge is 0.476 e. The topological polar surface area (TPSA) is 71.9 Å². The number of carbonyl (C=O) groups is 1. The number of carboxylic acid groups (broad SMARTS) is 1. The van der Waals surface area contributed by atoms with Crippen molar-refractivity contribution in [3.63, 3.8) is 0 Å². The van der Waals surface area contributed by atoms with E-state index in [0.717, 1.165) is 0 Å². The Hall–Kier alpha value is -1.98. The van der Waals surface area contributed by atoms with Crippen LogP contribution in [0.2, 0.25) is 0 Å². The van der Waals surface area contributed by atoms with Crippen LogP contribution in [0.25, 0.3) is 11.0 Å². The van der Waals surface area contributed by atoms with E-state index in [2.05, 4.69) is 10.2 Å². The number of carboxylic acids is 1. The fourth-order valence-electron chi connectivity index (χ4n) is 1.33. The highest BCUT2D eigenvalue weighted by Crippen LogP contribution is 2.13. The minimum absolute atomic E-state index is 0.0376. The second-order valence-corrected chi connectivity index (χ2v) is 3.00. The Morgan fingerprint density at radius 1 is 1.64 bits per heavy atom. The molecule has 0 bridgehead atoms. The summed E-state index contributed by atoms with van der Waals surface area (Å²) in [6.07, 6.45) is 1.69. The van der Waals surface area contributed by atoms with Gasteiger partial charge in [-0.15, -0.1) is 0 Å². The number of aromatic nitrogens is 4. The summed E-state index contributed by atoms with van der Waals surface area (Å²) in [7, 11) is 3.44. The minimum Gasteiger partial charge on any atom is -0.476 e. The smallest absolute Gasteiger partial charge is 0.357 e. The first-order chi connectivity index (χ1) is 6.59. The molecule has 0 aromatic carbocycles. The van der Waals surface area contributed by atoms with Gasteiger partial charge < -0.3 is 5.11 Å². The summed E-state index contributed by atoms with van der Waals surface area (Å²) in [5.41, 5.74) is 0.600. The van der Waals surface area contributed by atoms with Gasteiger partial charge >= 0.3 is 5.97 Å². The number of hydrogen-bond acceptors (Lipinski definition) is 3. The average Bonchev–Trinajstić information content (AvgIpc) is 2.44. The maximum Gasteiger partial charge on any atom is 0.357 e. The summed E-state index contributed by atoms with van der Waals surface area (Å²) in [6, 6.07) is 1.69. The van der Waals surface area contributed by atoms with Crippen molar-refractivity contribution in [2.24, 2.45) is 14.1 Å². The molecule has 14 heavy (non-hydrogen) atoms. The van der Waals surface area contributed by atoms with E-state index < -0.39 is 5.97 Å². The molecule has 1 N–H and O–H groups in total. The summed E-state index contributed by atoms with van der Waals surface area (Å²) in [6.45, 7) is 0. The van der Waals surface area contributed by atoms with Crippen LogP contribution in [0.3, 0.4) is 0 Å². The van der Waals surface area contributed by atoms with Gasteiger partial charge in [0.25, 0.3) is 0 Å². The molecule has 72 valence electrons. The quantitative estimate of drug-likeness (QED) is 0.619. The van der Waals surface area contributed by atoms with Gasteiger partial charge in [-0.1, -0.05) is 4.68 Å². The molecule has 0 saturated heterocycles. The Labute approximate surface area is 79.4 Å². The standard InChI is InChI=1S/C8H8N4O2/c1-11-4-3-5-6(8(13)14)9-12(2)7(5)10-11/h3-4H,1-2H3/p+1. The van der Waals surface area contributed by atoms with Crippen molar-refractivity contribution in [2.75, 3.05) is 0 Å². The molecule has 6 heteroatoms. The first-order valence-electron chi connectivity index (χ1n) is 4.02. The predicted octanol–water partition coefficient (Wildman–Crippen LogP) is -0.509. The molecule has 0 spiro atoms. The molecule has 2 aromatic rings. The zero-order chi connectivity index (χ0) is 10.3. The lowest BCUT2D eigenvalue weighted by atomic mass is 10.3. The number of aromatic carboxylic acids is 1. The Bertz CT molecular complexity index is 517. The van der Waals surface area contributed by atoms with Crippen molar-refractivity contribution in [3.8, 4) is 0 Å². The van der Waals surface area contributed by atoms with Gasteiger partial charge in [-0.3, -0.25) is 0 Å². The highest BCUT2D eigenvalue weighted by Gasteiger charge is 2.17. The summed E-state index contributed by atoms with van der Waals surface area (Å²) in [5, 5.41) is 17.4. The van der Waals surface area contributed by atoms with E-state index in [1.165, 1.54) is 4.68 Å². The van der Waals surface area contributed by atoms with Crippen LogP contribution >= 0.6 is 0 Å². The van der Waals surface area contributed by atoms with Crippen molar-refractivity contribution in [3.05, 3.63) is 18.0 Å². The molecule has 2 rings (SSSR count). The van der Waals surface area contributed by atoms with Crippen LogP contribution < -0.4 is 4.68 Å². The second kappa shape index (κ2) is 2.76. The van der Waals surface area contributed by atoms with E-state index in [9.17, 15) is 4.79 Å². The zero-order valence-corrected chi connectivity index (χ0v) is 7.80. The number of hydrogen-bond donors (Lipinski definition) is 1. The van der Waals surface area contributed by atoms with E-state index in [-0.39, 0.29) is 5.69 Å². The molecule has 0 atom stereocenters. The lowest BCUT2D eigenvalue weighted by molar-refractivity contribution is -0.728. The van der Waals surface area contributed by atoms with Crippen LogP contribution in [0.1, 0.15) is 10.5 Å². The van der Waals surface area contributed by atoms with Crippen LogP contribution in [-0.4, -0.2) is 26.0 Å². The highest BCUT2D eigenvalue weighted by atomic mass is 16.4. The van der Waals surface area contributed by atoms with Crippen molar-refractivity contribution in [1.82, 2.24) is 14.9 Å². The van der Waals surface area contributed by atoms with E-state index in [1.807, 2.05) is 0 Å². The van der Waals surface area contributed by atoms with Crippen LogP contribution in [0.4, 0.5) is 0 Å². The number of aryl methyl sites for hydroxylation is 2. The molecule has 0 amide bonds. The van der Waals surface area contributed by atoms with Crippen molar-refractivity contribution in [1.29, 1.82) is 0 Å². The third-order valence-corrected chi connectivity index (χ3v) is 1.96. The maximum atomic E-state index is 10.8. The van der Waals surface area contributed by atoms with Gasteiger partial charge in [0.05, 0.1) is 5.39 Å². The summed E-state index contributed by atoms with van der Waals surface area (Å²) in [5.74, 6) is -1.04. The number of fused-ring (bicyclic) bond motifs is 1. The van der Waals surface area contributed by atoms with Gasteiger partial charge in [0.1, 0.15) is 0 Å². The van der Waals surface area contributed by atoms with Crippen LogP contribution in [-0.2, 0) is 14.1 Å². The number of rotatable bonds is 1. The van der Waals surface area contributed by atoms with Gasteiger partial charge in [0.2, 0.25) is 5.65 Å². The predicted molar refractivity (Wildman–Crippen MR) is 46.6 cm³/mol. The molecular formula is C8H9N4O2+. The van der Waals surface area contributed by atoms with E-state index in [1.54, 1.807) is 31.0 Å². The Kier molecular flexibility index (Phi) is 1.70. The molecule has 2 aromatic heterocycles. The third-order valence-electron chi connectivity index (χ3n) is 1.96. The molecule has 0 aliphatic heterocycles. The minimum atomic E-state index is -1.04. The Morgan fingerprint density at radius 3 is 3.00 bits per heavy atom. The molecule has 0 fully saturated rings. The Balaban J connectivity index is 2.84. The lowest BCUT2D eigenvalue weighted by Gasteiger charge is -1.88. The van der Waals surface area contributed by atoms with Crippen LogP contribution in [0.5, 0.6) is 0 Å². The summed E-state index contributed by atoms with van der Waals surface area (Å²) in [4.78, 5) is 10.8. The number of nitrogens with zero attached hydrogens (tertiary/aromatic N) is 4. The summed E-state index contributed by atoms with van der Waals surface area (Å²) < 4.78 is 3.06. The third kappa shape index (κ3) is 1.12. The highest BCUT2D eigenvalue weighted by molar-refractivity contribution is 5.99. The molecular weight excluding hydrogens is 184 g/mol. The second-order valence-electron chi connectivity index (χ2n) is 3.00. The van der Waals surface area contributed by atoms with Gasteiger partial charge in [-0.25, -0.2) is 9.48 Å². The molecule has 2 heterocycles. The van der Waals surface area contributed by atoms with Crippen LogP contribution in [0, 0.1) is 0 Å². The van der Waals surface area contributed by atoms with Gasteiger partial charge in [-0.05, 0) is 0 Å². The average molecular weight is 193 g/mol. The van der Waals surface area contributed by atoms with E-state index in [4.69, 9.17) is 5.11 Å². The fraction of sp³-hybridized carbons (Fsp3) is 0.250. The lowest BCUT2D eigenvalue weighted by Crippen LogP contribution is -2.32. The monoisotopic (exact) mass is 193 g/mol. The maximum absolute atomic E-state index is 10.8. The van der Waals surface area contributed by atoms with Gasteiger partial charge in [-0.2, -0.15) is 5.10 Å². The van der Waals surface area contributed by atoms with Gasteiger partial charge in [0.15, 0.2) is 18.9 Å². The fourth-order valence-corrected chi connectivity index (χ4v) is 1.33. The first kappa shape index (κ1) is 8.61. The molecule has 6 nitrogen and oxygen atoms in total. The Morgan fingerprint density at radius 2 is 2.36 bits per heavy atom. The normalized spacial score (nSPS) is 10.7. The first-order valence-corrected chi connectivity index (χ1v) is 4.02. The molecule has 0 radical (unpaired) electrons. The van der Waals surface area contributed by atoms with Crippen molar-refractivity contribution >= 4 is 17.0 Å². The zero-order valence-electron chi connectivity index (χ0n) is 7.80. The molecule has 0 saturated carbocycles. The van der Waals surface area contributed by atoms with Crippen molar-refractivity contribution < 1.29 is 14.6 Å². The molecule has 0 aliphatic rings. The van der Waals surface area contributed by atoms with Crippen LogP contribution in [0.15, 0.2) is 12.3 Å². The SMILES string of the molecule is Cn1nc(C(=O)O)c2cc[n+](C)nc21. The summed E-state index contributed by atoms with van der Waals surface area (Å²) >= 11 is 0.